The van der Waals surface area contributed by atoms with E-state index in [1.807, 2.05) is 10.3 Å². The summed E-state index contributed by atoms with van der Waals surface area (Å²) < 4.78 is 62.8. The van der Waals surface area contributed by atoms with E-state index in [-0.39, 0.29) is 16.3 Å². The molecular weight excluding hydrogens is 349 g/mol. The third-order valence-electron chi connectivity index (χ3n) is 2.93. The zero-order valence-corrected chi connectivity index (χ0v) is 13.4. The molecule has 0 saturated heterocycles. The average Bonchev–Trinajstić information content (AvgIpc) is 2.87. The van der Waals surface area contributed by atoms with Crippen molar-refractivity contribution in [3.05, 3.63) is 41.7 Å². The molecule has 0 aliphatic carbocycles. The van der Waals surface area contributed by atoms with Gasteiger partial charge >= 0.3 is 6.18 Å². The summed E-state index contributed by atoms with van der Waals surface area (Å²) in [4.78, 5) is 12.4. The normalized spacial score (nSPS) is 12.2. The Morgan fingerprint density at radius 1 is 1.21 bits per heavy atom. The number of carbonyl (C=O) groups excluding carboxylic acids is 1. The maximum absolute atomic E-state index is 12.7. The molecule has 1 amide bonds. The number of hydrogen-bond donors (Lipinski definition) is 2. The number of alkyl halides is 3. The number of carbonyl (C=O) groups is 1. The Morgan fingerprint density at radius 3 is 2.25 bits per heavy atom. The number of benzene rings is 1. The van der Waals surface area contributed by atoms with Crippen LogP contribution < -0.4 is 10.3 Å². The molecule has 0 aliphatic heterocycles. The van der Waals surface area contributed by atoms with Crippen LogP contribution in [0.3, 0.4) is 0 Å². The highest BCUT2D eigenvalue weighted by Crippen LogP contribution is 2.29. The van der Waals surface area contributed by atoms with Gasteiger partial charge in [0.15, 0.2) is 5.69 Å². The van der Waals surface area contributed by atoms with Crippen molar-refractivity contribution in [2.24, 2.45) is 0 Å². The van der Waals surface area contributed by atoms with Crippen molar-refractivity contribution in [3.8, 4) is 5.69 Å². The van der Waals surface area contributed by atoms with Gasteiger partial charge in [-0.3, -0.25) is 10.2 Å². The van der Waals surface area contributed by atoms with Crippen molar-refractivity contribution in [3.63, 3.8) is 0 Å². The van der Waals surface area contributed by atoms with Gasteiger partial charge in [-0.2, -0.15) is 18.3 Å². The lowest BCUT2D eigenvalue weighted by Crippen LogP contribution is -2.40. The topological polar surface area (TPSA) is 93.1 Å². The number of rotatable bonds is 4. The Bertz CT molecular complexity index is 858. The molecule has 0 bridgehead atoms. The van der Waals surface area contributed by atoms with Gasteiger partial charge in [0.25, 0.3) is 10.0 Å². The molecule has 2 rings (SSSR count). The molecule has 2 aromatic rings. The molecule has 7 nitrogen and oxygen atoms in total. The largest absolute Gasteiger partial charge is 0.435 e. The number of nitrogens with one attached hydrogen (secondary N) is 2. The van der Waals surface area contributed by atoms with E-state index in [0.29, 0.717) is 0 Å². The third-order valence-corrected chi connectivity index (χ3v) is 4.19. The summed E-state index contributed by atoms with van der Waals surface area (Å²) in [5.41, 5.74) is 1.41. The molecule has 1 aromatic heterocycles. The minimum atomic E-state index is -4.57. The van der Waals surface area contributed by atoms with Crippen LogP contribution in [0.25, 0.3) is 5.69 Å². The fraction of sp³-hybridized carbons (Fsp3) is 0.231. The highest BCUT2D eigenvalue weighted by atomic mass is 32.2. The minimum Gasteiger partial charge on any atom is -0.278 e. The summed E-state index contributed by atoms with van der Waals surface area (Å²) in [5.74, 6) is -0.595. The van der Waals surface area contributed by atoms with Crippen LogP contribution in [0.2, 0.25) is 0 Å². The number of sulfonamides is 1. The molecule has 0 aliphatic rings. The zero-order chi connectivity index (χ0) is 18.1. The molecule has 0 unspecified atom stereocenters. The van der Waals surface area contributed by atoms with E-state index >= 15 is 0 Å². The molecule has 1 aromatic carbocycles. The summed E-state index contributed by atoms with van der Waals surface area (Å²) >= 11 is 0. The smallest absolute Gasteiger partial charge is 0.278 e. The van der Waals surface area contributed by atoms with Gasteiger partial charge in [0.05, 0.1) is 10.6 Å². The SMILES string of the molecule is CC(=O)NNS(=O)(=O)c1ccc(-n2nc(C(F)(F)F)cc2C)cc1. The van der Waals surface area contributed by atoms with Crippen LogP contribution >= 0.6 is 0 Å². The van der Waals surface area contributed by atoms with Gasteiger partial charge in [0.1, 0.15) is 0 Å². The number of aryl methyl sites for hydroxylation is 1. The second kappa shape index (κ2) is 6.24. The summed E-state index contributed by atoms with van der Waals surface area (Å²) in [7, 11) is -3.97. The standard InChI is InChI=1S/C13H13F3N4O3S/c1-8-7-12(13(14,15)16)18-20(8)10-3-5-11(6-4-10)24(22,23)19-17-9(2)21/h3-7,19H,1-2H3,(H,17,21). The zero-order valence-electron chi connectivity index (χ0n) is 12.5. The molecule has 1 heterocycles. The van der Waals surface area contributed by atoms with Crippen molar-refractivity contribution in [2.45, 2.75) is 24.9 Å². The molecular formula is C13H13F3N4O3S. The highest BCUT2D eigenvalue weighted by molar-refractivity contribution is 7.89. The van der Waals surface area contributed by atoms with E-state index in [1.165, 1.54) is 31.2 Å². The van der Waals surface area contributed by atoms with E-state index in [9.17, 15) is 26.4 Å². The first kappa shape index (κ1) is 17.9. The lowest BCUT2D eigenvalue weighted by Gasteiger charge is -2.08. The Hall–Kier alpha value is -2.40. The Kier molecular flexibility index (Phi) is 4.67. The van der Waals surface area contributed by atoms with Crippen LogP contribution in [0.4, 0.5) is 13.2 Å². The second-order valence-corrected chi connectivity index (χ2v) is 6.54. The number of aromatic nitrogens is 2. The summed E-state index contributed by atoms with van der Waals surface area (Å²) in [6.07, 6.45) is -4.57. The summed E-state index contributed by atoms with van der Waals surface area (Å²) in [6.45, 7) is 2.58. The van der Waals surface area contributed by atoms with Gasteiger partial charge in [-0.25, -0.2) is 13.1 Å². The predicted octanol–water partition coefficient (Wildman–Crippen LogP) is 1.53. The van der Waals surface area contributed by atoms with Crippen LogP contribution in [0.1, 0.15) is 18.3 Å². The monoisotopic (exact) mass is 362 g/mol. The van der Waals surface area contributed by atoms with E-state index in [2.05, 4.69) is 5.10 Å². The molecule has 24 heavy (non-hydrogen) atoms. The van der Waals surface area contributed by atoms with Crippen LogP contribution in [-0.2, 0) is 21.0 Å². The summed E-state index contributed by atoms with van der Waals surface area (Å²) in [5, 5.41) is 3.47. The van der Waals surface area contributed by atoms with E-state index in [0.717, 1.165) is 17.7 Å². The Balaban J connectivity index is 2.30. The lowest BCUT2D eigenvalue weighted by molar-refractivity contribution is -0.141. The van der Waals surface area contributed by atoms with E-state index < -0.39 is 27.8 Å². The average molecular weight is 362 g/mol. The molecule has 130 valence electrons. The lowest BCUT2D eigenvalue weighted by atomic mass is 10.3. The first-order valence-electron chi connectivity index (χ1n) is 6.53. The number of amides is 1. The van der Waals surface area contributed by atoms with Crippen molar-refractivity contribution >= 4 is 15.9 Å². The van der Waals surface area contributed by atoms with Gasteiger partial charge in [-0.15, -0.1) is 4.83 Å². The molecule has 0 fully saturated rings. The van der Waals surface area contributed by atoms with Gasteiger partial charge < -0.3 is 0 Å². The van der Waals surface area contributed by atoms with Crippen molar-refractivity contribution in [2.75, 3.05) is 0 Å². The number of nitrogens with zero attached hydrogens (tertiary/aromatic N) is 2. The predicted molar refractivity (Wildman–Crippen MR) is 77.4 cm³/mol. The molecule has 0 saturated carbocycles. The second-order valence-electron chi connectivity index (χ2n) is 4.86. The van der Waals surface area contributed by atoms with Gasteiger partial charge in [-0.05, 0) is 37.3 Å². The molecule has 2 N–H and O–H groups in total. The molecule has 0 atom stereocenters. The highest BCUT2D eigenvalue weighted by Gasteiger charge is 2.34. The van der Waals surface area contributed by atoms with E-state index in [4.69, 9.17) is 0 Å². The van der Waals surface area contributed by atoms with Crippen molar-refractivity contribution in [1.29, 1.82) is 0 Å². The van der Waals surface area contributed by atoms with Gasteiger partial charge in [0.2, 0.25) is 5.91 Å². The maximum atomic E-state index is 12.7. The van der Waals surface area contributed by atoms with Crippen molar-refractivity contribution in [1.82, 2.24) is 20.0 Å². The summed E-state index contributed by atoms with van der Waals surface area (Å²) in [6, 6.07) is 5.88. The van der Waals surface area contributed by atoms with E-state index in [1.54, 1.807) is 0 Å². The van der Waals surface area contributed by atoms with Crippen LogP contribution in [0.5, 0.6) is 0 Å². The van der Waals surface area contributed by atoms with Crippen molar-refractivity contribution < 1.29 is 26.4 Å². The maximum Gasteiger partial charge on any atom is 0.435 e. The first-order valence-corrected chi connectivity index (χ1v) is 8.02. The van der Waals surface area contributed by atoms with Gasteiger partial charge in [0, 0.05) is 12.6 Å². The van der Waals surface area contributed by atoms with Gasteiger partial charge in [-0.1, -0.05) is 0 Å². The Labute approximate surface area is 135 Å². The number of hydrazine groups is 1. The minimum absolute atomic E-state index is 0.166. The Morgan fingerprint density at radius 2 is 1.79 bits per heavy atom. The quantitative estimate of drug-likeness (QED) is 0.807. The van der Waals surface area contributed by atoms with Crippen LogP contribution in [0.15, 0.2) is 35.2 Å². The number of halogens is 3. The third kappa shape index (κ3) is 3.92. The molecule has 0 radical (unpaired) electrons. The van der Waals surface area contributed by atoms with Crippen LogP contribution in [0, 0.1) is 6.92 Å². The molecule has 11 heteroatoms. The first-order chi connectivity index (χ1) is 11.0. The fourth-order valence-electron chi connectivity index (χ4n) is 1.84. The fourth-order valence-corrected chi connectivity index (χ4v) is 2.73. The van der Waals surface area contributed by atoms with Crippen LogP contribution in [-0.4, -0.2) is 24.1 Å². The number of hydrogen-bond acceptors (Lipinski definition) is 4. The molecule has 0 spiro atoms.